The molecule has 1 heterocycles. The highest BCUT2D eigenvalue weighted by molar-refractivity contribution is 14.0. The van der Waals surface area contributed by atoms with E-state index in [2.05, 4.69) is 36.1 Å². The van der Waals surface area contributed by atoms with Crippen LogP contribution in [0.1, 0.15) is 32.4 Å². The van der Waals surface area contributed by atoms with Gasteiger partial charge in [0.2, 0.25) is 0 Å². The van der Waals surface area contributed by atoms with Gasteiger partial charge < -0.3 is 14.6 Å². The summed E-state index contributed by atoms with van der Waals surface area (Å²) in [4.78, 5) is 6.80. The van der Waals surface area contributed by atoms with Crippen LogP contribution < -0.4 is 5.32 Å². The van der Waals surface area contributed by atoms with Gasteiger partial charge in [0, 0.05) is 33.1 Å². The molecule has 0 aliphatic heterocycles. The average molecular weight is 379 g/mol. The lowest BCUT2D eigenvalue weighted by Crippen LogP contribution is -2.39. The summed E-state index contributed by atoms with van der Waals surface area (Å²) < 4.78 is 5.30. The predicted molar refractivity (Wildman–Crippen MR) is 91.3 cm³/mol. The van der Waals surface area contributed by atoms with Crippen molar-refractivity contribution in [2.24, 2.45) is 4.99 Å². The lowest BCUT2D eigenvalue weighted by molar-refractivity contribution is 0.463. The van der Waals surface area contributed by atoms with E-state index >= 15 is 0 Å². The second kappa shape index (κ2) is 11.1. The molecule has 0 fully saturated rings. The standard InChI is InChI=1S/C14H25N3O.HI/c1-4-6-11-17(3)14(15-5-2)16-10-9-13-8-7-12-18-13;/h7-8,12H,4-6,9-11H2,1-3H3,(H,15,16);1H. The summed E-state index contributed by atoms with van der Waals surface area (Å²) in [5, 5.41) is 3.32. The summed E-state index contributed by atoms with van der Waals surface area (Å²) in [6.45, 7) is 7.00. The highest BCUT2D eigenvalue weighted by atomic mass is 127. The Balaban J connectivity index is 0.00000324. The summed E-state index contributed by atoms with van der Waals surface area (Å²) in [6.07, 6.45) is 4.95. The Labute approximate surface area is 133 Å². The van der Waals surface area contributed by atoms with Crippen LogP contribution in [-0.2, 0) is 6.42 Å². The summed E-state index contributed by atoms with van der Waals surface area (Å²) in [5.74, 6) is 1.98. The highest BCUT2D eigenvalue weighted by Crippen LogP contribution is 2.01. The van der Waals surface area contributed by atoms with E-state index in [9.17, 15) is 0 Å². The van der Waals surface area contributed by atoms with Gasteiger partial charge in [-0.1, -0.05) is 13.3 Å². The lowest BCUT2D eigenvalue weighted by Gasteiger charge is -2.21. The first-order valence-corrected chi connectivity index (χ1v) is 6.79. The maximum atomic E-state index is 5.30. The Kier molecular flexibility index (Phi) is 10.7. The Morgan fingerprint density at radius 2 is 2.21 bits per heavy atom. The van der Waals surface area contributed by atoms with Crippen molar-refractivity contribution in [3.63, 3.8) is 0 Å². The van der Waals surface area contributed by atoms with Crippen molar-refractivity contribution in [2.75, 3.05) is 26.7 Å². The van der Waals surface area contributed by atoms with Crippen LogP contribution in [-0.4, -0.2) is 37.5 Å². The molecule has 0 unspecified atom stereocenters. The van der Waals surface area contributed by atoms with Crippen molar-refractivity contribution in [3.05, 3.63) is 24.2 Å². The lowest BCUT2D eigenvalue weighted by atomic mass is 10.3. The van der Waals surface area contributed by atoms with Gasteiger partial charge in [-0.2, -0.15) is 0 Å². The molecular weight excluding hydrogens is 353 g/mol. The Bertz CT molecular complexity index is 338. The molecule has 110 valence electrons. The number of nitrogens with one attached hydrogen (secondary N) is 1. The van der Waals surface area contributed by atoms with Crippen molar-refractivity contribution >= 4 is 29.9 Å². The molecule has 0 atom stereocenters. The molecule has 0 bridgehead atoms. The van der Waals surface area contributed by atoms with Crippen LogP contribution in [0.15, 0.2) is 27.8 Å². The van der Waals surface area contributed by atoms with Gasteiger partial charge >= 0.3 is 0 Å². The van der Waals surface area contributed by atoms with Gasteiger partial charge in [0.1, 0.15) is 5.76 Å². The number of rotatable bonds is 7. The topological polar surface area (TPSA) is 40.8 Å². The van der Waals surface area contributed by atoms with Gasteiger partial charge in [0.15, 0.2) is 5.96 Å². The van der Waals surface area contributed by atoms with Gasteiger partial charge in [0.05, 0.1) is 6.26 Å². The zero-order valence-electron chi connectivity index (χ0n) is 12.2. The molecule has 0 radical (unpaired) electrons. The maximum Gasteiger partial charge on any atom is 0.193 e. The number of unbranched alkanes of at least 4 members (excludes halogenated alkanes) is 1. The third-order valence-electron chi connectivity index (χ3n) is 2.74. The third kappa shape index (κ3) is 7.44. The summed E-state index contributed by atoms with van der Waals surface area (Å²) in [7, 11) is 2.09. The fourth-order valence-electron chi connectivity index (χ4n) is 1.70. The number of aliphatic imine (C=N–C) groups is 1. The van der Waals surface area contributed by atoms with Crippen LogP contribution >= 0.6 is 24.0 Å². The van der Waals surface area contributed by atoms with E-state index in [1.807, 2.05) is 12.1 Å². The normalized spacial score (nSPS) is 11.0. The summed E-state index contributed by atoms with van der Waals surface area (Å²) >= 11 is 0. The molecular formula is C14H26IN3O. The second-order valence-corrected chi connectivity index (χ2v) is 4.34. The highest BCUT2D eigenvalue weighted by Gasteiger charge is 2.04. The predicted octanol–water partition coefficient (Wildman–Crippen LogP) is 3.14. The van der Waals surface area contributed by atoms with Crippen LogP contribution in [0.5, 0.6) is 0 Å². The molecule has 0 saturated heterocycles. The smallest absolute Gasteiger partial charge is 0.193 e. The molecule has 0 aromatic carbocycles. The van der Waals surface area contributed by atoms with Crippen molar-refractivity contribution in [2.45, 2.75) is 33.1 Å². The number of hydrogen-bond acceptors (Lipinski definition) is 2. The van der Waals surface area contributed by atoms with Crippen molar-refractivity contribution < 1.29 is 4.42 Å². The Hall–Kier alpha value is -0.720. The van der Waals surface area contributed by atoms with E-state index in [-0.39, 0.29) is 24.0 Å². The molecule has 0 amide bonds. The number of nitrogens with zero attached hydrogens (tertiary/aromatic N) is 2. The number of halogens is 1. The molecule has 0 aliphatic carbocycles. The molecule has 4 nitrogen and oxygen atoms in total. The molecule has 1 aromatic heterocycles. The van der Waals surface area contributed by atoms with Gasteiger partial charge in [-0.05, 0) is 25.5 Å². The third-order valence-corrected chi connectivity index (χ3v) is 2.74. The van der Waals surface area contributed by atoms with E-state index in [1.54, 1.807) is 6.26 Å². The summed E-state index contributed by atoms with van der Waals surface area (Å²) in [6, 6.07) is 3.90. The van der Waals surface area contributed by atoms with Crippen molar-refractivity contribution in [1.29, 1.82) is 0 Å². The van der Waals surface area contributed by atoms with Gasteiger partial charge in [-0.15, -0.1) is 24.0 Å². The zero-order chi connectivity index (χ0) is 13.2. The van der Waals surface area contributed by atoms with Crippen LogP contribution in [0.4, 0.5) is 0 Å². The van der Waals surface area contributed by atoms with Gasteiger partial charge in [-0.3, -0.25) is 4.99 Å². The van der Waals surface area contributed by atoms with Crippen LogP contribution in [0.3, 0.4) is 0 Å². The molecule has 0 aliphatic rings. The van der Waals surface area contributed by atoms with Crippen molar-refractivity contribution in [3.8, 4) is 0 Å². The van der Waals surface area contributed by atoms with Gasteiger partial charge in [-0.25, -0.2) is 0 Å². The first-order chi connectivity index (χ1) is 8.77. The minimum atomic E-state index is 0. The van der Waals surface area contributed by atoms with E-state index in [1.165, 1.54) is 12.8 Å². The van der Waals surface area contributed by atoms with E-state index in [0.717, 1.165) is 37.8 Å². The van der Waals surface area contributed by atoms with Gasteiger partial charge in [0.25, 0.3) is 0 Å². The monoisotopic (exact) mass is 379 g/mol. The minimum absolute atomic E-state index is 0. The largest absolute Gasteiger partial charge is 0.469 e. The first kappa shape index (κ1) is 18.3. The molecule has 1 aromatic rings. The number of hydrogen-bond donors (Lipinski definition) is 1. The van der Waals surface area contributed by atoms with Crippen LogP contribution in [0, 0.1) is 0 Å². The quantitative estimate of drug-likeness (QED) is 0.450. The summed E-state index contributed by atoms with van der Waals surface area (Å²) in [5.41, 5.74) is 0. The average Bonchev–Trinajstić information content (AvgIpc) is 2.88. The Morgan fingerprint density at radius 1 is 1.42 bits per heavy atom. The molecule has 1 rings (SSSR count). The fraction of sp³-hybridized carbons (Fsp3) is 0.643. The molecule has 5 heteroatoms. The van der Waals surface area contributed by atoms with Crippen LogP contribution in [0.25, 0.3) is 0 Å². The molecule has 19 heavy (non-hydrogen) atoms. The SMILES string of the molecule is CCCCN(C)C(=NCCc1ccco1)NCC.I. The second-order valence-electron chi connectivity index (χ2n) is 4.34. The van der Waals surface area contributed by atoms with Crippen molar-refractivity contribution in [1.82, 2.24) is 10.2 Å². The van der Waals surface area contributed by atoms with E-state index in [0.29, 0.717) is 0 Å². The minimum Gasteiger partial charge on any atom is -0.469 e. The maximum absolute atomic E-state index is 5.30. The molecule has 0 saturated carbocycles. The molecule has 0 spiro atoms. The first-order valence-electron chi connectivity index (χ1n) is 6.79. The number of guanidine groups is 1. The number of furan rings is 1. The van der Waals surface area contributed by atoms with E-state index < -0.39 is 0 Å². The zero-order valence-corrected chi connectivity index (χ0v) is 14.5. The fourth-order valence-corrected chi connectivity index (χ4v) is 1.70. The Morgan fingerprint density at radius 3 is 2.79 bits per heavy atom. The van der Waals surface area contributed by atoms with E-state index in [4.69, 9.17) is 4.42 Å². The molecule has 1 N–H and O–H groups in total. The van der Waals surface area contributed by atoms with Crippen LogP contribution in [0.2, 0.25) is 0 Å².